The monoisotopic (exact) mass is 355 g/mol. The summed E-state index contributed by atoms with van der Waals surface area (Å²) >= 11 is 6.15. The van der Waals surface area contributed by atoms with Crippen molar-refractivity contribution in [1.29, 1.82) is 0 Å². The highest BCUT2D eigenvalue weighted by Gasteiger charge is 2.16. The Morgan fingerprint density at radius 3 is 2.84 bits per heavy atom. The van der Waals surface area contributed by atoms with Crippen LogP contribution in [-0.2, 0) is 6.42 Å². The number of aryl methyl sites for hydroxylation is 1. The van der Waals surface area contributed by atoms with E-state index in [0.717, 1.165) is 11.1 Å². The SMILES string of the molecule is Cc1ccn2c(=O)c(C(=O)N[C@@H](C)Cc3ccccc3Cl)cnc2c1. The van der Waals surface area contributed by atoms with E-state index in [1.165, 1.54) is 10.6 Å². The lowest BCUT2D eigenvalue weighted by molar-refractivity contribution is 0.0938. The van der Waals surface area contributed by atoms with Crippen LogP contribution < -0.4 is 10.9 Å². The zero-order valence-electron chi connectivity index (χ0n) is 14.0. The number of nitrogens with one attached hydrogen (secondary N) is 1. The highest BCUT2D eigenvalue weighted by molar-refractivity contribution is 6.31. The number of hydrogen-bond donors (Lipinski definition) is 1. The smallest absolute Gasteiger partial charge is 0.270 e. The van der Waals surface area contributed by atoms with E-state index in [1.54, 1.807) is 18.3 Å². The van der Waals surface area contributed by atoms with Crippen molar-refractivity contribution >= 4 is 23.2 Å². The molecule has 1 aromatic carbocycles. The van der Waals surface area contributed by atoms with Crippen LogP contribution in [0.3, 0.4) is 0 Å². The number of nitrogens with zero attached hydrogens (tertiary/aromatic N) is 2. The fraction of sp³-hybridized carbons (Fsp3) is 0.211. The summed E-state index contributed by atoms with van der Waals surface area (Å²) in [7, 11) is 0. The third-order valence-electron chi connectivity index (χ3n) is 3.97. The summed E-state index contributed by atoms with van der Waals surface area (Å²) < 4.78 is 1.38. The standard InChI is InChI=1S/C19H18ClN3O2/c1-12-7-8-23-17(9-12)21-11-15(19(23)25)18(24)22-13(2)10-14-5-3-4-6-16(14)20/h3-9,11,13H,10H2,1-2H3,(H,22,24)/t13-/m0/s1. The van der Waals surface area contributed by atoms with Gasteiger partial charge in [0.1, 0.15) is 11.2 Å². The molecule has 25 heavy (non-hydrogen) atoms. The number of carbonyl (C=O) groups is 1. The molecule has 2 heterocycles. The first kappa shape index (κ1) is 17.2. The van der Waals surface area contributed by atoms with E-state index >= 15 is 0 Å². The maximum absolute atomic E-state index is 12.5. The molecule has 6 heteroatoms. The first-order valence-electron chi connectivity index (χ1n) is 7.98. The normalized spacial score (nSPS) is 12.1. The van der Waals surface area contributed by atoms with E-state index in [2.05, 4.69) is 10.3 Å². The van der Waals surface area contributed by atoms with Crippen LogP contribution in [0, 0.1) is 6.92 Å². The molecule has 0 saturated carbocycles. The van der Waals surface area contributed by atoms with Gasteiger partial charge in [-0.25, -0.2) is 4.98 Å². The summed E-state index contributed by atoms with van der Waals surface area (Å²) in [6, 6.07) is 10.9. The van der Waals surface area contributed by atoms with E-state index in [0.29, 0.717) is 17.1 Å². The Labute approximate surface area is 150 Å². The minimum Gasteiger partial charge on any atom is -0.349 e. The van der Waals surface area contributed by atoms with E-state index in [-0.39, 0.29) is 17.2 Å². The first-order valence-corrected chi connectivity index (χ1v) is 8.36. The molecular weight excluding hydrogens is 338 g/mol. The quantitative estimate of drug-likeness (QED) is 0.782. The molecule has 0 aliphatic heterocycles. The van der Waals surface area contributed by atoms with Crippen LogP contribution in [0.25, 0.3) is 5.65 Å². The molecule has 1 N–H and O–H groups in total. The van der Waals surface area contributed by atoms with Crippen LogP contribution in [0.15, 0.2) is 53.6 Å². The second-order valence-electron chi connectivity index (χ2n) is 6.08. The van der Waals surface area contributed by atoms with Gasteiger partial charge < -0.3 is 5.32 Å². The van der Waals surface area contributed by atoms with Crippen LogP contribution in [-0.4, -0.2) is 21.3 Å². The Hall–Kier alpha value is -2.66. The molecule has 1 amide bonds. The molecular formula is C19H18ClN3O2. The molecule has 0 spiro atoms. The van der Waals surface area contributed by atoms with Crippen LogP contribution in [0.1, 0.15) is 28.4 Å². The second kappa shape index (κ2) is 7.07. The van der Waals surface area contributed by atoms with Crippen LogP contribution in [0.4, 0.5) is 0 Å². The maximum Gasteiger partial charge on any atom is 0.270 e. The number of halogens is 1. The summed E-state index contributed by atoms with van der Waals surface area (Å²) in [5.41, 5.74) is 2.10. The van der Waals surface area contributed by atoms with Crippen molar-refractivity contribution in [1.82, 2.24) is 14.7 Å². The molecule has 1 atom stereocenters. The van der Waals surface area contributed by atoms with Gasteiger partial charge in [-0.1, -0.05) is 29.8 Å². The topological polar surface area (TPSA) is 63.5 Å². The maximum atomic E-state index is 12.5. The predicted octanol–water partition coefficient (Wildman–Crippen LogP) is 3.02. The highest BCUT2D eigenvalue weighted by atomic mass is 35.5. The number of rotatable bonds is 4. The molecule has 0 aliphatic carbocycles. The Balaban J connectivity index is 1.80. The van der Waals surface area contributed by atoms with E-state index in [4.69, 9.17) is 11.6 Å². The Kier molecular flexibility index (Phi) is 4.86. The lowest BCUT2D eigenvalue weighted by atomic mass is 10.1. The van der Waals surface area contributed by atoms with E-state index in [1.807, 2.05) is 38.1 Å². The molecule has 0 aliphatic rings. The number of pyridine rings is 1. The summed E-state index contributed by atoms with van der Waals surface area (Å²) in [4.78, 5) is 29.2. The third-order valence-corrected chi connectivity index (χ3v) is 4.34. The molecule has 3 aromatic rings. The number of carbonyl (C=O) groups excluding carboxylic acids is 1. The predicted molar refractivity (Wildman–Crippen MR) is 98.3 cm³/mol. The zero-order valence-corrected chi connectivity index (χ0v) is 14.7. The van der Waals surface area contributed by atoms with Gasteiger partial charge in [-0.3, -0.25) is 14.0 Å². The van der Waals surface area contributed by atoms with Gasteiger partial charge in [0.15, 0.2) is 0 Å². The molecule has 5 nitrogen and oxygen atoms in total. The molecule has 128 valence electrons. The molecule has 0 fully saturated rings. The van der Waals surface area contributed by atoms with Gasteiger partial charge in [-0.05, 0) is 49.6 Å². The summed E-state index contributed by atoms with van der Waals surface area (Å²) in [5.74, 6) is -0.438. The van der Waals surface area contributed by atoms with Gasteiger partial charge in [-0.15, -0.1) is 0 Å². The first-order chi connectivity index (χ1) is 12.0. The summed E-state index contributed by atoms with van der Waals surface area (Å²) in [6.07, 6.45) is 3.53. The van der Waals surface area contributed by atoms with Crippen molar-refractivity contribution in [3.8, 4) is 0 Å². The average molecular weight is 356 g/mol. The van der Waals surface area contributed by atoms with Crippen LogP contribution in [0.2, 0.25) is 5.02 Å². The average Bonchev–Trinajstić information content (AvgIpc) is 2.57. The Morgan fingerprint density at radius 2 is 2.08 bits per heavy atom. The molecule has 3 rings (SSSR count). The third kappa shape index (κ3) is 3.72. The van der Waals surface area contributed by atoms with E-state index in [9.17, 15) is 9.59 Å². The van der Waals surface area contributed by atoms with Gasteiger partial charge in [-0.2, -0.15) is 0 Å². The summed E-state index contributed by atoms with van der Waals surface area (Å²) in [5, 5.41) is 3.50. The fourth-order valence-corrected chi connectivity index (χ4v) is 2.89. The minimum atomic E-state index is -0.438. The van der Waals surface area contributed by atoms with Gasteiger partial charge in [0.2, 0.25) is 0 Å². The minimum absolute atomic E-state index is 0.0207. The largest absolute Gasteiger partial charge is 0.349 e. The summed E-state index contributed by atoms with van der Waals surface area (Å²) in [6.45, 7) is 3.79. The lowest BCUT2D eigenvalue weighted by Crippen LogP contribution is -2.38. The highest BCUT2D eigenvalue weighted by Crippen LogP contribution is 2.16. The number of fused-ring (bicyclic) bond motifs is 1. The molecule has 0 bridgehead atoms. The molecule has 0 radical (unpaired) electrons. The van der Waals surface area contributed by atoms with Crippen molar-refractivity contribution in [2.45, 2.75) is 26.3 Å². The van der Waals surface area contributed by atoms with Gasteiger partial charge in [0, 0.05) is 23.5 Å². The number of hydrogen-bond acceptors (Lipinski definition) is 3. The molecule has 2 aromatic heterocycles. The van der Waals surface area contributed by atoms with Crippen molar-refractivity contribution in [2.24, 2.45) is 0 Å². The Bertz CT molecular complexity index is 997. The Morgan fingerprint density at radius 1 is 1.32 bits per heavy atom. The zero-order chi connectivity index (χ0) is 18.0. The van der Waals surface area contributed by atoms with Gasteiger partial charge in [0.25, 0.3) is 11.5 Å². The molecule has 0 unspecified atom stereocenters. The van der Waals surface area contributed by atoms with Crippen LogP contribution >= 0.6 is 11.6 Å². The van der Waals surface area contributed by atoms with Gasteiger partial charge >= 0.3 is 0 Å². The fourth-order valence-electron chi connectivity index (χ4n) is 2.68. The number of aromatic nitrogens is 2. The second-order valence-corrected chi connectivity index (χ2v) is 6.49. The number of amides is 1. The number of benzene rings is 1. The van der Waals surface area contributed by atoms with E-state index < -0.39 is 5.91 Å². The van der Waals surface area contributed by atoms with Crippen LogP contribution in [0.5, 0.6) is 0 Å². The van der Waals surface area contributed by atoms with Crippen molar-refractivity contribution in [3.05, 3.63) is 80.9 Å². The van der Waals surface area contributed by atoms with Crippen molar-refractivity contribution < 1.29 is 4.79 Å². The molecule has 0 saturated heterocycles. The van der Waals surface area contributed by atoms with Crippen molar-refractivity contribution in [2.75, 3.05) is 0 Å². The van der Waals surface area contributed by atoms with Crippen molar-refractivity contribution in [3.63, 3.8) is 0 Å². The lowest BCUT2D eigenvalue weighted by Gasteiger charge is -2.15. The van der Waals surface area contributed by atoms with Gasteiger partial charge in [0.05, 0.1) is 0 Å².